The molecule has 0 aliphatic rings. The fraction of sp³-hybridized carbons (Fsp3) is 0.211. The zero-order chi connectivity index (χ0) is 19.2. The third-order valence-electron chi connectivity index (χ3n) is 3.91. The highest BCUT2D eigenvalue weighted by Crippen LogP contribution is 2.24. The molecule has 0 atom stereocenters. The first-order chi connectivity index (χ1) is 13.2. The molecule has 0 aliphatic carbocycles. The van der Waals surface area contributed by atoms with Gasteiger partial charge in [-0.05, 0) is 24.3 Å². The quantitative estimate of drug-likeness (QED) is 0.622. The summed E-state index contributed by atoms with van der Waals surface area (Å²) in [4.78, 5) is 29.5. The fourth-order valence-corrected chi connectivity index (χ4v) is 2.64. The van der Waals surface area contributed by atoms with Crippen LogP contribution >= 0.6 is 0 Å². The summed E-state index contributed by atoms with van der Waals surface area (Å²) in [5, 5.41) is 5.50. The minimum Gasteiger partial charge on any atom is -0.495 e. The van der Waals surface area contributed by atoms with Gasteiger partial charge in [-0.3, -0.25) is 14.0 Å². The Kier molecular flexibility index (Phi) is 5.68. The lowest BCUT2D eigenvalue weighted by Gasteiger charge is -2.09. The van der Waals surface area contributed by atoms with E-state index in [1.54, 1.807) is 54.1 Å². The number of pyridine rings is 1. The molecular formula is C19H20N4O4. The molecule has 8 heteroatoms. The molecule has 140 valence electrons. The van der Waals surface area contributed by atoms with Gasteiger partial charge in [0.15, 0.2) is 5.69 Å². The maximum Gasteiger partial charge on any atom is 0.292 e. The average molecular weight is 368 g/mol. The summed E-state index contributed by atoms with van der Waals surface area (Å²) in [7, 11) is 3.08. The molecule has 0 saturated heterocycles. The summed E-state index contributed by atoms with van der Waals surface area (Å²) in [6.45, 7) is 0.739. The number of carbonyl (C=O) groups is 2. The molecule has 3 rings (SSSR count). The van der Waals surface area contributed by atoms with Crippen LogP contribution in [0.25, 0.3) is 5.52 Å². The number of rotatable bonds is 7. The van der Waals surface area contributed by atoms with Crippen molar-refractivity contribution in [3.8, 4) is 5.75 Å². The molecule has 0 spiro atoms. The van der Waals surface area contributed by atoms with Gasteiger partial charge in [-0.1, -0.05) is 18.2 Å². The molecule has 1 aromatic carbocycles. The number of nitrogens with zero attached hydrogens (tertiary/aromatic N) is 2. The summed E-state index contributed by atoms with van der Waals surface area (Å²) in [5.74, 6) is -0.179. The van der Waals surface area contributed by atoms with Crippen molar-refractivity contribution in [2.24, 2.45) is 0 Å². The fourth-order valence-electron chi connectivity index (χ4n) is 2.64. The number of hydrogen-bond acceptors (Lipinski definition) is 5. The van der Waals surface area contributed by atoms with Gasteiger partial charge in [0.1, 0.15) is 5.75 Å². The highest BCUT2D eigenvalue weighted by molar-refractivity contribution is 6.06. The molecule has 0 aliphatic heterocycles. The Balaban J connectivity index is 1.92. The zero-order valence-corrected chi connectivity index (χ0v) is 15.1. The van der Waals surface area contributed by atoms with Crippen molar-refractivity contribution in [2.75, 3.05) is 32.7 Å². The SMILES string of the molecule is COCCNC(=O)c1nc(C(=O)Nc2ccccc2OC)n2ccccc12. The molecule has 27 heavy (non-hydrogen) atoms. The predicted molar refractivity (Wildman–Crippen MR) is 100 cm³/mol. The Hall–Kier alpha value is -3.39. The number of para-hydroxylation sites is 2. The van der Waals surface area contributed by atoms with Crippen molar-refractivity contribution >= 4 is 23.0 Å². The van der Waals surface area contributed by atoms with E-state index in [0.717, 1.165) is 0 Å². The van der Waals surface area contributed by atoms with E-state index in [0.29, 0.717) is 30.1 Å². The molecule has 0 bridgehead atoms. The van der Waals surface area contributed by atoms with Crippen LogP contribution in [-0.4, -0.2) is 48.6 Å². The molecule has 8 nitrogen and oxygen atoms in total. The van der Waals surface area contributed by atoms with E-state index in [1.807, 2.05) is 6.07 Å². The van der Waals surface area contributed by atoms with Gasteiger partial charge in [-0.25, -0.2) is 4.98 Å². The molecular weight excluding hydrogens is 348 g/mol. The van der Waals surface area contributed by atoms with Gasteiger partial charge in [0.25, 0.3) is 11.8 Å². The Labute approximate surface area is 156 Å². The van der Waals surface area contributed by atoms with Gasteiger partial charge >= 0.3 is 0 Å². The predicted octanol–water partition coefficient (Wildman–Crippen LogP) is 1.97. The summed E-state index contributed by atoms with van der Waals surface area (Å²) < 4.78 is 11.8. The van der Waals surface area contributed by atoms with Crippen molar-refractivity contribution in [3.05, 3.63) is 60.2 Å². The lowest BCUT2D eigenvalue weighted by atomic mass is 10.3. The number of hydrogen-bond donors (Lipinski definition) is 2. The van der Waals surface area contributed by atoms with Gasteiger partial charge in [0.05, 0.1) is 24.9 Å². The molecule has 2 N–H and O–H groups in total. The number of anilines is 1. The monoisotopic (exact) mass is 368 g/mol. The molecule has 0 radical (unpaired) electrons. The van der Waals surface area contributed by atoms with Crippen LogP contribution in [0.5, 0.6) is 5.75 Å². The average Bonchev–Trinajstić information content (AvgIpc) is 3.08. The second kappa shape index (κ2) is 8.33. The summed E-state index contributed by atoms with van der Waals surface area (Å²) in [5.41, 5.74) is 1.23. The minimum absolute atomic E-state index is 0.105. The number of amides is 2. The first kappa shape index (κ1) is 18.4. The van der Waals surface area contributed by atoms with Crippen molar-refractivity contribution in [1.29, 1.82) is 0 Å². The lowest BCUT2D eigenvalue weighted by Crippen LogP contribution is -2.27. The first-order valence-electron chi connectivity index (χ1n) is 8.34. The molecule has 0 unspecified atom stereocenters. The third-order valence-corrected chi connectivity index (χ3v) is 3.91. The van der Waals surface area contributed by atoms with E-state index in [-0.39, 0.29) is 17.4 Å². The van der Waals surface area contributed by atoms with Crippen molar-refractivity contribution in [3.63, 3.8) is 0 Å². The first-order valence-corrected chi connectivity index (χ1v) is 8.34. The van der Waals surface area contributed by atoms with Crippen LogP contribution in [0.3, 0.4) is 0 Å². The summed E-state index contributed by atoms with van der Waals surface area (Å²) in [6, 6.07) is 12.3. The van der Waals surface area contributed by atoms with Crippen LogP contribution < -0.4 is 15.4 Å². The Morgan fingerprint density at radius 3 is 2.63 bits per heavy atom. The lowest BCUT2D eigenvalue weighted by molar-refractivity contribution is 0.0934. The van der Waals surface area contributed by atoms with Crippen molar-refractivity contribution < 1.29 is 19.1 Å². The molecule has 0 fully saturated rings. The zero-order valence-electron chi connectivity index (χ0n) is 15.1. The Bertz CT molecular complexity index is 967. The standard InChI is InChI=1S/C19H20N4O4/c1-26-12-10-20-18(24)16-14-8-5-6-11-23(14)17(22-16)19(25)21-13-7-3-4-9-15(13)27-2/h3-9,11H,10,12H2,1-2H3,(H,20,24)(H,21,25). The van der Waals surface area contributed by atoms with Gasteiger partial charge in [0.2, 0.25) is 5.82 Å². The maximum absolute atomic E-state index is 12.8. The molecule has 3 aromatic rings. The van der Waals surface area contributed by atoms with Gasteiger partial charge < -0.3 is 20.1 Å². The molecule has 0 saturated carbocycles. The number of aromatic nitrogens is 2. The second-order valence-electron chi connectivity index (χ2n) is 5.64. The van der Waals surface area contributed by atoms with E-state index in [9.17, 15) is 9.59 Å². The molecule has 2 heterocycles. The Morgan fingerprint density at radius 2 is 1.85 bits per heavy atom. The maximum atomic E-state index is 12.8. The second-order valence-corrected chi connectivity index (χ2v) is 5.64. The number of methoxy groups -OCH3 is 2. The summed E-state index contributed by atoms with van der Waals surface area (Å²) >= 11 is 0. The van der Waals surface area contributed by atoms with Crippen LogP contribution in [0.15, 0.2) is 48.7 Å². The number of carbonyl (C=O) groups excluding carboxylic acids is 2. The smallest absolute Gasteiger partial charge is 0.292 e. The van der Waals surface area contributed by atoms with Gasteiger partial charge in [-0.2, -0.15) is 0 Å². The van der Waals surface area contributed by atoms with Crippen LogP contribution in [-0.2, 0) is 4.74 Å². The number of imidazole rings is 1. The van der Waals surface area contributed by atoms with E-state index < -0.39 is 5.91 Å². The molecule has 2 amide bonds. The van der Waals surface area contributed by atoms with Crippen LogP contribution in [0.2, 0.25) is 0 Å². The van der Waals surface area contributed by atoms with Crippen LogP contribution in [0.1, 0.15) is 21.1 Å². The number of nitrogens with one attached hydrogen (secondary N) is 2. The van der Waals surface area contributed by atoms with Gasteiger partial charge in [-0.15, -0.1) is 0 Å². The highest BCUT2D eigenvalue weighted by atomic mass is 16.5. The number of fused-ring (bicyclic) bond motifs is 1. The number of benzene rings is 1. The van der Waals surface area contributed by atoms with E-state index >= 15 is 0 Å². The molecule has 2 aromatic heterocycles. The highest BCUT2D eigenvalue weighted by Gasteiger charge is 2.22. The van der Waals surface area contributed by atoms with E-state index in [2.05, 4.69) is 15.6 Å². The van der Waals surface area contributed by atoms with Crippen molar-refractivity contribution in [2.45, 2.75) is 0 Å². The summed E-state index contributed by atoms with van der Waals surface area (Å²) in [6.07, 6.45) is 1.69. The third kappa shape index (κ3) is 3.90. The topological polar surface area (TPSA) is 94.0 Å². The van der Waals surface area contributed by atoms with E-state index in [4.69, 9.17) is 9.47 Å². The minimum atomic E-state index is -0.448. The normalized spacial score (nSPS) is 10.6. The van der Waals surface area contributed by atoms with E-state index in [1.165, 1.54) is 7.11 Å². The van der Waals surface area contributed by atoms with Gasteiger partial charge in [0, 0.05) is 19.9 Å². The van der Waals surface area contributed by atoms with Crippen molar-refractivity contribution in [1.82, 2.24) is 14.7 Å². The Morgan fingerprint density at radius 1 is 1.07 bits per heavy atom. The largest absolute Gasteiger partial charge is 0.495 e. The van der Waals surface area contributed by atoms with Crippen LogP contribution in [0.4, 0.5) is 5.69 Å². The van der Waals surface area contributed by atoms with Crippen LogP contribution in [0, 0.1) is 0 Å². The number of ether oxygens (including phenoxy) is 2.